The lowest BCUT2D eigenvalue weighted by Crippen LogP contribution is -1.92. The lowest BCUT2D eigenvalue weighted by Gasteiger charge is -1.92. The third-order valence-electron chi connectivity index (χ3n) is 2.39. The quantitative estimate of drug-likeness (QED) is 0.679. The van der Waals surface area contributed by atoms with Crippen LogP contribution in [0.15, 0.2) is 17.5 Å². The van der Waals surface area contributed by atoms with E-state index in [2.05, 4.69) is 36.5 Å². The second-order valence-corrected chi connectivity index (χ2v) is 4.11. The van der Waals surface area contributed by atoms with Crippen molar-refractivity contribution in [3.8, 4) is 10.6 Å². The van der Waals surface area contributed by atoms with Gasteiger partial charge in [-0.2, -0.15) is 5.10 Å². The Morgan fingerprint density at radius 3 is 2.62 bits per heavy atom. The molecule has 0 unspecified atom stereocenters. The molecule has 0 saturated heterocycles. The van der Waals surface area contributed by atoms with Gasteiger partial charge in [-0.25, -0.2) is 0 Å². The monoisotopic (exact) mass is 192 g/mol. The maximum atomic E-state index is 4.48. The first kappa shape index (κ1) is 8.51. The molecule has 0 N–H and O–H groups in total. The molecular weight excluding hydrogens is 180 g/mol. The number of hydrogen-bond donors (Lipinski definition) is 0. The van der Waals surface area contributed by atoms with Crippen LogP contribution in [0.5, 0.6) is 0 Å². The Labute approximate surface area is 81.8 Å². The highest BCUT2D eigenvalue weighted by molar-refractivity contribution is 7.13. The molecule has 2 rings (SSSR count). The van der Waals surface area contributed by atoms with Gasteiger partial charge in [-0.15, -0.1) is 11.3 Å². The molecule has 0 aliphatic heterocycles. The van der Waals surface area contributed by atoms with E-state index in [1.54, 1.807) is 11.3 Å². The minimum absolute atomic E-state index is 1.12. The van der Waals surface area contributed by atoms with Gasteiger partial charge in [-0.1, -0.05) is 6.07 Å². The molecule has 2 heterocycles. The van der Waals surface area contributed by atoms with Gasteiger partial charge in [0.1, 0.15) is 5.69 Å². The van der Waals surface area contributed by atoms with Crippen LogP contribution in [0.3, 0.4) is 0 Å². The molecule has 13 heavy (non-hydrogen) atoms. The maximum absolute atomic E-state index is 4.48. The molecule has 0 saturated carbocycles. The largest absolute Gasteiger partial charge is 0.272 e. The van der Waals surface area contributed by atoms with E-state index in [1.165, 1.54) is 16.1 Å². The summed E-state index contributed by atoms with van der Waals surface area (Å²) < 4.78 is 1.93. The molecular formula is C10H12N2S. The number of nitrogens with zero attached hydrogens (tertiary/aromatic N) is 2. The minimum atomic E-state index is 1.12. The van der Waals surface area contributed by atoms with Crippen molar-refractivity contribution in [3.63, 3.8) is 0 Å². The summed E-state index contributed by atoms with van der Waals surface area (Å²) in [5, 5.41) is 6.56. The van der Waals surface area contributed by atoms with Gasteiger partial charge in [-0.05, 0) is 30.9 Å². The molecule has 2 aromatic rings. The molecule has 3 heteroatoms. The second-order valence-electron chi connectivity index (χ2n) is 3.16. The van der Waals surface area contributed by atoms with Crippen LogP contribution < -0.4 is 0 Å². The van der Waals surface area contributed by atoms with Gasteiger partial charge in [0.25, 0.3) is 0 Å². The topological polar surface area (TPSA) is 17.8 Å². The van der Waals surface area contributed by atoms with Gasteiger partial charge in [-0.3, -0.25) is 4.68 Å². The molecule has 0 spiro atoms. The van der Waals surface area contributed by atoms with Crippen LogP contribution in [0.25, 0.3) is 10.6 Å². The second kappa shape index (κ2) is 3.00. The van der Waals surface area contributed by atoms with Gasteiger partial charge in [0.2, 0.25) is 0 Å². The van der Waals surface area contributed by atoms with E-state index in [0.29, 0.717) is 0 Å². The van der Waals surface area contributed by atoms with Crippen LogP contribution in [0.4, 0.5) is 0 Å². The molecule has 68 valence electrons. The van der Waals surface area contributed by atoms with Gasteiger partial charge in [0.15, 0.2) is 0 Å². The van der Waals surface area contributed by atoms with E-state index in [0.717, 1.165) is 5.69 Å². The predicted molar refractivity (Wildman–Crippen MR) is 56.0 cm³/mol. The average molecular weight is 192 g/mol. The van der Waals surface area contributed by atoms with Crippen LogP contribution in [0.1, 0.15) is 11.3 Å². The summed E-state index contributed by atoms with van der Waals surface area (Å²) in [6.45, 7) is 4.22. The van der Waals surface area contributed by atoms with Crippen LogP contribution in [0, 0.1) is 13.8 Å². The van der Waals surface area contributed by atoms with Crippen molar-refractivity contribution in [1.29, 1.82) is 0 Å². The van der Waals surface area contributed by atoms with Crippen molar-refractivity contribution in [3.05, 3.63) is 28.8 Å². The van der Waals surface area contributed by atoms with Crippen LogP contribution >= 0.6 is 11.3 Å². The Balaban J connectivity index is 2.59. The lowest BCUT2D eigenvalue weighted by molar-refractivity contribution is 0.742. The zero-order valence-electron chi connectivity index (χ0n) is 8.03. The van der Waals surface area contributed by atoms with E-state index in [9.17, 15) is 0 Å². The molecule has 0 atom stereocenters. The number of aryl methyl sites for hydroxylation is 1. The zero-order chi connectivity index (χ0) is 9.42. The molecule has 0 amide bonds. The summed E-state index contributed by atoms with van der Waals surface area (Å²) in [5.74, 6) is 0. The first-order chi connectivity index (χ1) is 6.20. The third-order valence-corrected chi connectivity index (χ3v) is 3.26. The Morgan fingerprint density at radius 1 is 1.38 bits per heavy atom. The summed E-state index contributed by atoms with van der Waals surface area (Å²) in [5.41, 5.74) is 3.64. The van der Waals surface area contributed by atoms with Crippen molar-refractivity contribution >= 4 is 11.3 Å². The van der Waals surface area contributed by atoms with Gasteiger partial charge < -0.3 is 0 Å². The highest BCUT2D eigenvalue weighted by atomic mass is 32.1. The summed E-state index contributed by atoms with van der Waals surface area (Å²) in [4.78, 5) is 1.25. The SMILES string of the molecule is Cc1c(-c2cccs2)nn(C)c1C. The number of rotatable bonds is 1. The molecule has 0 aromatic carbocycles. The van der Waals surface area contributed by atoms with Crippen molar-refractivity contribution in [2.24, 2.45) is 7.05 Å². The highest BCUT2D eigenvalue weighted by Gasteiger charge is 2.10. The predicted octanol–water partition coefficient (Wildman–Crippen LogP) is 2.77. The molecule has 2 aromatic heterocycles. The lowest BCUT2D eigenvalue weighted by atomic mass is 10.2. The molecule has 0 aliphatic rings. The Bertz CT molecular complexity index is 412. The summed E-state index contributed by atoms with van der Waals surface area (Å²) in [7, 11) is 1.99. The molecule has 0 fully saturated rings. The van der Waals surface area contributed by atoms with E-state index in [-0.39, 0.29) is 0 Å². The van der Waals surface area contributed by atoms with Gasteiger partial charge in [0.05, 0.1) is 4.88 Å². The third kappa shape index (κ3) is 1.29. The summed E-state index contributed by atoms with van der Waals surface area (Å²) >= 11 is 1.74. The fraction of sp³-hybridized carbons (Fsp3) is 0.300. The molecule has 0 radical (unpaired) electrons. The van der Waals surface area contributed by atoms with Crippen LogP contribution in [-0.2, 0) is 7.05 Å². The van der Waals surface area contributed by atoms with Crippen molar-refractivity contribution in [1.82, 2.24) is 9.78 Å². The van der Waals surface area contributed by atoms with Crippen molar-refractivity contribution < 1.29 is 0 Å². The smallest absolute Gasteiger partial charge is 0.105 e. The number of thiophene rings is 1. The number of hydrogen-bond acceptors (Lipinski definition) is 2. The molecule has 0 aliphatic carbocycles. The van der Waals surface area contributed by atoms with E-state index >= 15 is 0 Å². The molecule has 2 nitrogen and oxygen atoms in total. The minimum Gasteiger partial charge on any atom is -0.272 e. The van der Waals surface area contributed by atoms with Crippen molar-refractivity contribution in [2.75, 3.05) is 0 Å². The Morgan fingerprint density at radius 2 is 2.15 bits per heavy atom. The fourth-order valence-electron chi connectivity index (χ4n) is 1.36. The zero-order valence-corrected chi connectivity index (χ0v) is 8.85. The summed E-state index contributed by atoms with van der Waals surface area (Å²) in [6, 6.07) is 4.17. The maximum Gasteiger partial charge on any atom is 0.105 e. The Hall–Kier alpha value is -1.09. The van der Waals surface area contributed by atoms with Gasteiger partial charge in [0, 0.05) is 12.7 Å². The first-order valence-electron chi connectivity index (χ1n) is 4.24. The number of aromatic nitrogens is 2. The highest BCUT2D eigenvalue weighted by Crippen LogP contribution is 2.27. The fourth-order valence-corrected chi connectivity index (χ4v) is 2.13. The first-order valence-corrected chi connectivity index (χ1v) is 5.12. The van der Waals surface area contributed by atoms with E-state index < -0.39 is 0 Å². The van der Waals surface area contributed by atoms with E-state index in [4.69, 9.17) is 0 Å². The van der Waals surface area contributed by atoms with Crippen LogP contribution in [-0.4, -0.2) is 9.78 Å². The van der Waals surface area contributed by atoms with Gasteiger partial charge >= 0.3 is 0 Å². The summed E-state index contributed by atoms with van der Waals surface area (Å²) in [6.07, 6.45) is 0. The Kier molecular flexibility index (Phi) is 1.96. The van der Waals surface area contributed by atoms with Crippen molar-refractivity contribution in [2.45, 2.75) is 13.8 Å². The van der Waals surface area contributed by atoms with Crippen LogP contribution in [0.2, 0.25) is 0 Å². The molecule has 0 bridgehead atoms. The standard InChI is InChI=1S/C10H12N2S/c1-7-8(2)12(3)11-10(7)9-5-4-6-13-9/h4-6H,1-3H3. The average Bonchev–Trinajstić information content (AvgIpc) is 2.70. The van der Waals surface area contributed by atoms with E-state index in [1.807, 2.05) is 11.7 Å². The normalized spacial score (nSPS) is 10.7.